The van der Waals surface area contributed by atoms with Crippen LogP contribution in [0.1, 0.15) is 49.4 Å². The van der Waals surface area contributed by atoms with E-state index < -0.39 is 23.6 Å². The Bertz CT molecular complexity index is 719. The molecule has 156 valence electrons. The first-order chi connectivity index (χ1) is 12.9. The van der Waals surface area contributed by atoms with Crippen molar-refractivity contribution < 1.29 is 18.4 Å². The molecule has 1 aromatic rings. The van der Waals surface area contributed by atoms with Gasteiger partial charge in [0, 0.05) is 24.7 Å². The molecular formula is C20H28ClF2N3O2. The summed E-state index contributed by atoms with van der Waals surface area (Å²) in [5.41, 5.74) is -0.177. The number of nitrogens with one attached hydrogen (secondary N) is 2. The van der Waals surface area contributed by atoms with Crippen LogP contribution in [0, 0.1) is 17.6 Å². The number of hydrogen-bond acceptors (Lipinski definition) is 3. The lowest BCUT2D eigenvalue weighted by molar-refractivity contribution is -0.125. The van der Waals surface area contributed by atoms with Gasteiger partial charge < -0.3 is 15.5 Å². The number of benzene rings is 1. The summed E-state index contributed by atoms with van der Waals surface area (Å²) >= 11 is 0. The largest absolute Gasteiger partial charge is 0.353 e. The molecule has 8 heteroatoms. The summed E-state index contributed by atoms with van der Waals surface area (Å²) in [6.07, 6.45) is 4.45. The van der Waals surface area contributed by atoms with Crippen molar-refractivity contribution >= 4 is 24.2 Å². The first kappa shape index (κ1) is 22.6. The molecule has 2 aliphatic rings. The van der Waals surface area contributed by atoms with Gasteiger partial charge in [-0.1, -0.05) is 12.8 Å². The monoisotopic (exact) mass is 415 g/mol. The van der Waals surface area contributed by atoms with Crippen LogP contribution >= 0.6 is 12.4 Å². The molecule has 2 amide bonds. The van der Waals surface area contributed by atoms with E-state index in [0.717, 1.165) is 31.7 Å². The molecule has 0 bridgehead atoms. The van der Waals surface area contributed by atoms with E-state index in [1.165, 1.54) is 6.07 Å². The Morgan fingerprint density at radius 1 is 1.25 bits per heavy atom. The zero-order chi connectivity index (χ0) is 19.6. The van der Waals surface area contributed by atoms with E-state index in [0.29, 0.717) is 19.0 Å². The Hall–Kier alpha value is -1.73. The van der Waals surface area contributed by atoms with E-state index in [9.17, 15) is 18.4 Å². The summed E-state index contributed by atoms with van der Waals surface area (Å²) in [6, 6.07) is 2.39. The van der Waals surface area contributed by atoms with Crippen molar-refractivity contribution in [2.45, 2.75) is 57.2 Å². The quantitative estimate of drug-likeness (QED) is 0.777. The summed E-state index contributed by atoms with van der Waals surface area (Å²) in [6.45, 7) is 2.40. The fourth-order valence-corrected chi connectivity index (χ4v) is 4.26. The molecule has 1 saturated heterocycles. The van der Waals surface area contributed by atoms with Crippen LogP contribution in [0.2, 0.25) is 0 Å². The first-order valence-corrected chi connectivity index (χ1v) is 9.65. The van der Waals surface area contributed by atoms with Crippen LogP contribution < -0.4 is 10.6 Å². The average Bonchev–Trinajstić information content (AvgIpc) is 3.05. The van der Waals surface area contributed by atoms with Crippen LogP contribution in [-0.4, -0.2) is 48.4 Å². The molecule has 1 aliphatic heterocycles. The molecular weight excluding hydrogens is 388 g/mol. The molecule has 5 nitrogen and oxygen atoms in total. The van der Waals surface area contributed by atoms with Crippen molar-refractivity contribution in [2.75, 3.05) is 13.6 Å². The molecule has 2 fully saturated rings. The molecule has 4 atom stereocenters. The molecule has 3 rings (SSSR count). The van der Waals surface area contributed by atoms with Crippen LogP contribution in [0.25, 0.3) is 0 Å². The molecule has 4 unspecified atom stereocenters. The molecule has 28 heavy (non-hydrogen) atoms. The van der Waals surface area contributed by atoms with Crippen LogP contribution in [0.4, 0.5) is 8.78 Å². The molecule has 2 N–H and O–H groups in total. The summed E-state index contributed by atoms with van der Waals surface area (Å²) in [5.74, 6) is -2.09. The van der Waals surface area contributed by atoms with Crippen LogP contribution in [0.5, 0.6) is 0 Å². The minimum absolute atomic E-state index is 0. The van der Waals surface area contributed by atoms with Gasteiger partial charge in [-0.15, -0.1) is 12.4 Å². The predicted octanol–water partition coefficient (Wildman–Crippen LogP) is 2.88. The average molecular weight is 416 g/mol. The van der Waals surface area contributed by atoms with Crippen LogP contribution in [0.3, 0.4) is 0 Å². The van der Waals surface area contributed by atoms with Crippen molar-refractivity contribution in [3.63, 3.8) is 0 Å². The van der Waals surface area contributed by atoms with E-state index in [1.54, 1.807) is 4.90 Å². The highest BCUT2D eigenvalue weighted by Crippen LogP contribution is 2.40. The van der Waals surface area contributed by atoms with E-state index in [2.05, 4.69) is 10.6 Å². The number of likely N-dealkylation sites (N-methyl/N-ethyl adjacent to an activating group) is 1. The van der Waals surface area contributed by atoms with Crippen molar-refractivity contribution in [1.82, 2.24) is 15.5 Å². The highest BCUT2D eigenvalue weighted by atomic mass is 35.5. The summed E-state index contributed by atoms with van der Waals surface area (Å²) in [4.78, 5) is 27.5. The second-order valence-corrected chi connectivity index (χ2v) is 7.63. The summed E-state index contributed by atoms with van der Waals surface area (Å²) in [5, 5.41) is 5.95. The van der Waals surface area contributed by atoms with Gasteiger partial charge in [0.15, 0.2) is 0 Å². The molecule has 0 spiro atoms. The maximum atomic E-state index is 14.2. The second-order valence-electron chi connectivity index (χ2n) is 7.63. The fraction of sp³-hybridized carbons (Fsp3) is 0.600. The van der Waals surface area contributed by atoms with Gasteiger partial charge >= 0.3 is 0 Å². The van der Waals surface area contributed by atoms with Gasteiger partial charge in [0.25, 0.3) is 5.91 Å². The number of likely N-dealkylation sites (tertiary alicyclic amines) is 1. The number of nitrogens with zero attached hydrogens (tertiary/aromatic N) is 1. The molecule has 0 radical (unpaired) electrons. The third-order valence-electron chi connectivity index (χ3n) is 5.86. The third kappa shape index (κ3) is 4.63. The Kier molecular flexibility index (Phi) is 7.78. The van der Waals surface area contributed by atoms with Gasteiger partial charge in [-0.25, -0.2) is 8.78 Å². The van der Waals surface area contributed by atoms with Crippen molar-refractivity contribution in [1.29, 1.82) is 0 Å². The number of fused-ring (bicyclic) bond motifs is 1. The second kappa shape index (κ2) is 9.65. The Balaban J connectivity index is 0.00000280. The summed E-state index contributed by atoms with van der Waals surface area (Å²) < 4.78 is 27.4. The van der Waals surface area contributed by atoms with E-state index in [1.807, 2.05) is 14.0 Å². The fourth-order valence-electron chi connectivity index (χ4n) is 4.26. The lowest BCUT2D eigenvalue weighted by Crippen LogP contribution is -2.51. The highest BCUT2D eigenvalue weighted by Gasteiger charge is 2.47. The maximum Gasteiger partial charge on any atom is 0.257 e. The topological polar surface area (TPSA) is 61.4 Å². The lowest BCUT2D eigenvalue weighted by atomic mass is 9.84. The number of carbonyl (C=O) groups excluding carboxylic acids is 2. The van der Waals surface area contributed by atoms with Gasteiger partial charge in [0.05, 0.1) is 5.56 Å². The van der Waals surface area contributed by atoms with E-state index in [-0.39, 0.29) is 41.9 Å². The SMILES string of the molecule is CNC(C)CNC(=O)C1CC2CCCCC2N1C(=O)c1ccc(F)cc1F.Cl. The van der Waals surface area contributed by atoms with Crippen molar-refractivity contribution in [2.24, 2.45) is 5.92 Å². The van der Waals surface area contributed by atoms with Gasteiger partial charge in [0.2, 0.25) is 5.91 Å². The Morgan fingerprint density at radius 3 is 2.64 bits per heavy atom. The number of rotatable bonds is 5. The van der Waals surface area contributed by atoms with E-state index >= 15 is 0 Å². The predicted molar refractivity (Wildman–Crippen MR) is 105 cm³/mol. The number of halogens is 3. The van der Waals surface area contributed by atoms with Gasteiger partial charge in [-0.3, -0.25) is 9.59 Å². The Labute approximate surface area is 170 Å². The highest BCUT2D eigenvalue weighted by molar-refractivity contribution is 5.98. The van der Waals surface area contributed by atoms with Gasteiger partial charge in [-0.2, -0.15) is 0 Å². The van der Waals surface area contributed by atoms with Crippen molar-refractivity contribution in [3.8, 4) is 0 Å². The first-order valence-electron chi connectivity index (χ1n) is 9.65. The molecule has 1 aliphatic carbocycles. The minimum Gasteiger partial charge on any atom is -0.353 e. The zero-order valence-corrected chi connectivity index (χ0v) is 17.0. The molecule has 1 aromatic carbocycles. The van der Waals surface area contributed by atoms with Crippen molar-refractivity contribution in [3.05, 3.63) is 35.4 Å². The van der Waals surface area contributed by atoms with Crippen LogP contribution in [0.15, 0.2) is 18.2 Å². The lowest BCUT2D eigenvalue weighted by Gasteiger charge is -2.33. The number of carbonyl (C=O) groups is 2. The zero-order valence-electron chi connectivity index (χ0n) is 16.2. The molecule has 1 saturated carbocycles. The standard InChI is InChI=1S/C20H27F2N3O2.ClH/c1-12(23-2)11-24-19(26)18-9-13-5-3-4-6-17(13)25(18)20(27)15-8-7-14(21)10-16(15)22;/h7-8,10,12-13,17-18,23H,3-6,9,11H2,1-2H3,(H,24,26);1H. The van der Waals surface area contributed by atoms with E-state index in [4.69, 9.17) is 0 Å². The van der Waals surface area contributed by atoms with Gasteiger partial charge in [-0.05, 0) is 51.3 Å². The van der Waals surface area contributed by atoms with Gasteiger partial charge in [0.1, 0.15) is 17.7 Å². The minimum atomic E-state index is -0.887. The normalized spacial score (nSPS) is 24.9. The number of hydrogen-bond donors (Lipinski definition) is 2. The maximum absolute atomic E-state index is 14.2. The Morgan fingerprint density at radius 2 is 1.96 bits per heavy atom. The third-order valence-corrected chi connectivity index (χ3v) is 5.86. The molecule has 0 aromatic heterocycles. The number of amides is 2. The smallest absolute Gasteiger partial charge is 0.257 e. The summed E-state index contributed by atoms with van der Waals surface area (Å²) in [7, 11) is 1.81. The van der Waals surface area contributed by atoms with Crippen LogP contribution in [-0.2, 0) is 4.79 Å². The molecule has 1 heterocycles.